The standard InChI is InChI=1S/C24H27IN4O2/c1-15-18(19-20(29-23(2)10-11-23)27-14-28-22(19)31-15)21(30)26-13-24(8-3-4-9-24)16-6-5-7-17(25)12-16/h5-7,12,14H,3-4,8-11,13H2,1-2H3,(H,26,30)(H,27,28,29). The number of hydrogen-bond donors (Lipinski definition) is 2. The van der Waals surface area contributed by atoms with E-state index in [0.29, 0.717) is 34.8 Å². The highest BCUT2D eigenvalue weighted by Gasteiger charge is 2.39. The van der Waals surface area contributed by atoms with Gasteiger partial charge in [0.15, 0.2) is 0 Å². The van der Waals surface area contributed by atoms with Crippen molar-refractivity contribution >= 4 is 45.4 Å². The molecule has 0 bridgehead atoms. The molecular formula is C24H27IN4O2. The molecule has 1 aromatic carbocycles. The number of aromatic nitrogens is 2. The maximum absolute atomic E-state index is 13.4. The summed E-state index contributed by atoms with van der Waals surface area (Å²) < 4.78 is 7.07. The van der Waals surface area contributed by atoms with Crippen molar-refractivity contribution in [1.29, 1.82) is 0 Å². The van der Waals surface area contributed by atoms with Gasteiger partial charge in [-0.05, 0) is 79.8 Å². The second kappa shape index (κ2) is 7.76. The van der Waals surface area contributed by atoms with Gasteiger partial charge in [0.05, 0.1) is 10.9 Å². The first kappa shape index (κ1) is 20.7. The van der Waals surface area contributed by atoms with Crippen molar-refractivity contribution in [3.05, 3.63) is 51.1 Å². The molecule has 2 fully saturated rings. The summed E-state index contributed by atoms with van der Waals surface area (Å²) >= 11 is 2.36. The molecule has 31 heavy (non-hydrogen) atoms. The van der Waals surface area contributed by atoms with Crippen LogP contribution in [-0.2, 0) is 5.41 Å². The number of fused-ring (bicyclic) bond motifs is 1. The first-order chi connectivity index (χ1) is 14.9. The number of nitrogens with zero attached hydrogens (tertiary/aromatic N) is 2. The van der Waals surface area contributed by atoms with Gasteiger partial charge >= 0.3 is 0 Å². The molecule has 2 saturated carbocycles. The molecule has 0 unspecified atom stereocenters. The van der Waals surface area contributed by atoms with Crippen LogP contribution in [-0.4, -0.2) is 28.0 Å². The number of halogens is 1. The molecule has 2 aliphatic carbocycles. The number of benzene rings is 1. The molecule has 5 rings (SSSR count). The lowest BCUT2D eigenvalue weighted by Crippen LogP contribution is -2.39. The maximum atomic E-state index is 13.4. The number of aryl methyl sites for hydroxylation is 1. The number of rotatable bonds is 6. The molecule has 162 valence electrons. The SMILES string of the molecule is Cc1oc2ncnc(NC3(C)CC3)c2c1C(=O)NCC1(c2cccc(I)c2)CCCC1. The molecule has 0 spiro atoms. The Morgan fingerprint density at radius 3 is 2.68 bits per heavy atom. The van der Waals surface area contributed by atoms with Crippen LogP contribution < -0.4 is 10.6 Å². The zero-order valence-electron chi connectivity index (χ0n) is 17.9. The van der Waals surface area contributed by atoms with Crippen LogP contribution in [0.2, 0.25) is 0 Å². The molecule has 0 radical (unpaired) electrons. The largest absolute Gasteiger partial charge is 0.442 e. The number of amides is 1. The first-order valence-corrected chi connectivity index (χ1v) is 12.0. The maximum Gasteiger partial charge on any atom is 0.255 e. The highest BCUT2D eigenvalue weighted by atomic mass is 127. The number of furan rings is 1. The van der Waals surface area contributed by atoms with E-state index in [1.165, 1.54) is 28.3 Å². The van der Waals surface area contributed by atoms with Gasteiger partial charge in [-0.3, -0.25) is 4.79 Å². The summed E-state index contributed by atoms with van der Waals surface area (Å²) in [7, 11) is 0. The Balaban J connectivity index is 1.44. The molecule has 1 amide bonds. The lowest BCUT2D eigenvalue weighted by molar-refractivity contribution is 0.0943. The van der Waals surface area contributed by atoms with E-state index < -0.39 is 0 Å². The van der Waals surface area contributed by atoms with Crippen molar-refractivity contribution in [3.63, 3.8) is 0 Å². The van der Waals surface area contributed by atoms with Crippen molar-refractivity contribution in [1.82, 2.24) is 15.3 Å². The van der Waals surface area contributed by atoms with Gasteiger partial charge in [-0.1, -0.05) is 25.0 Å². The van der Waals surface area contributed by atoms with E-state index in [2.05, 4.69) is 74.4 Å². The van der Waals surface area contributed by atoms with Gasteiger partial charge in [0, 0.05) is 21.1 Å². The van der Waals surface area contributed by atoms with E-state index in [0.717, 1.165) is 25.7 Å². The van der Waals surface area contributed by atoms with E-state index in [1.807, 2.05) is 6.92 Å². The minimum absolute atomic E-state index is 0.0106. The quantitative estimate of drug-likeness (QED) is 0.421. The molecule has 3 aromatic rings. The number of anilines is 1. The summed E-state index contributed by atoms with van der Waals surface area (Å²) in [6.07, 6.45) is 8.24. The van der Waals surface area contributed by atoms with Crippen molar-refractivity contribution in [3.8, 4) is 0 Å². The lowest BCUT2D eigenvalue weighted by Gasteiger charge is -2.30. The molecule has 0 saturated heterocycles. The third-order valence-electron chi connectivity index (χ3n) is 6.90. The third kappa shape index (κ3) is 3.92. The molecular weight excluding hydrogens is 503 g/mol. The summed E-state index contributed by atoms with van der Waals surface area (Å²) in [6, 6.07) is 8.68. The Hall–Kier alpha value is -2.16. The molecule has 2 aromatic heterocycles. The van der Waals surface area contributed by atoms with Gasteiger partial charge in [0.25, 0.3) is 5.91 Å². The van der Waals surface area contributed by atoms with Crippen LogP contribution in [0.25, 0.3) is 11.1 Å². The third-order valence-corrected chi connectivity index (χ3v) is 7.57. The molecule has 6 nitrogen and oxygen atoms in total. The fourth-order valence-electron chi connectivity index (χ4n) is 4.79. The van der Waals surface area contributed by atoms with Gasteiger partial charge < -0.3 is 15.1 Å². The summed E-state index contributed by atoms with van der Waals surface area (Å²) in [5.74, 6) is 1.14. The fourth-order valence-corrected chi connectivity index (χ4v) is 5.33. The van der Waals surface area contributed by atoms with Gasteiger partial charge in [-0.25, -0.2) is 9.97 Å². The molecule has 2 N–H and O–H groups in total. The first-order valence-electron chi connectivity index (χ1n) is 11.0. The van der Waals surface area contributed by atoms with Gasteiger partial charge in [-0.15, -0.1) is 0 Å². The van der Waals surface area contributed by atoms with E-state index >= 15 is 0 Å². The summed E-state index contributed by atoms with van der Waals surface area (Å²) in [5.41, 5.74) is 2.34. The van der Waals surface area contributed by atoms with Gasteiger partial charge in [0.2, 0.25) is 5.71 Å². The predicted octanol–water partition coefficient (Wildman–Crippen LogP) is 5.34. The molecule has 2 aliphatic rings. The zero-order chi connectivity index (χ0) is 21.6. The van der Waals surface area contributed by atoms with Crippen molar-refractivity contribution < 1.29 is 9.21 Å². The smallest absolute Gasteiger partial charge is 0.255 e. The minimum Gasteiger partial charge on any atom is -0.442 e. The zero-order valence-corrected chi connectivity index (χ0v) is 20.1. The Morgan fingerprint density at radius 1 is 1.19 bits per heavy atom. The van der Waals surface area contributed by atoms with Gasteiger partial charge in [-0.2, -0.15) is 0 Å². The second-order valence-corrected chi connectivity index (χ2v) is 10.5. The van der Waals surface area contributed by atoms with E-state index in [9.17, 15) is 4.79 Å². The normalized spacial score (nSPS) is 18.8. The van der Waals surface area contributed by atoms with Crippen LogP contribution >= 0.6 is 22.6 Å². The molecule has 0 atom stereocenters. The van der Waals surface area contributed by atoms with Gasteiger partial charge in [0.1, 0.15) is 17.9 Å². The molecule has 2 heterocycles. The summed E-state index contributed by atoms with van der Waals surface area (Å²) in [4.78, 5) is 22.1. The highest BCUT2D eigenvalue weighted by Crippen LogP contribution is 2.42. The second-order valence-electron chi connectivity index (χ2n) is 9.30. The van der Waals surface area contributed by atoms with E-state index in [-0.39, 0.29) is 16.9 Å². The summed E-state index contributed by atoms with van der Waals surface area (Å²) in [5, 5.41) is 7.41. The Labute approximate surface area is 195 Å². The van der Waals surface area contributed by atoms with Crippen LogP contribution in [0.1, 0.15) is 67.1 Å². The fraction of sp³-hybridized carbons (Fsp3) is 0.458. The number of carbonyl (C=O) groups is 1. The van der Waals surface area contributed by atoms with E-state index in [4.69, 9.17) is 4.42 Å². The molecule has 0 aliphatic heterocycles. The number of hydrogen-bond acceptors (Lipinski definition) is 5. The Bertz CT molecular complexity index is 1150. The minimum atomic E-state index is -0.119. The van der Waals surface area contributed by atoms with E-state index in [1.54, 1.807) is 0 Å². The van der Waals surface area contributed by atoms with Crippen LogP contribution in [0.15, 0.2) is 35.0 Å². The average molecular weight is 530 g/mol. The number of nitrogens with one attached hydrogen (secondary N) is 2. The van der Waals surface area contributed by atoms with Crippen LogP contribution in [0.5, 0.6) is 0 Å². The monoisotopic (exact) mass is 530 g/mol. The van der Waals surface area contributed by atoms with Crippen LogP contribution in [0, 0.1) is 10.5 Å². The number of carbonyl (C=O) groups excluding carboxylic acids is 1. The predicted molar refractivity (Wildman–Crippen MR) is 129 cm³/mol. The van der Waals surface area contributed by atoms with Crippen molar-refractivity contribution in [2.45, 2.75) is 63.3 Å². The van der Waals surface area contributed by atoms with Crippen molar-refractivity contribution in [2.75, 3.05) is 11.9 Å². The topological polar surface area (TPSA) is 80.1 Å². The molecule has 7 heteroatoms. The van der Waals surface area contributed by atoms with Crippen LogP contribution in [0.3, 0.4) is 0 Å². The van der Waals surface area contributed by atoms with Crippen LogP contribution in [0.4, 0.5) is 5.82 Å². The highest BCUT2D eigenvalue weighted by molar-refractivity contribution is 14.1. The van der Waals surface area contributed by atoms with Crippen molar-refractivity contribution in [2.24, 2.45) is 0 Å². The lowest BCUT2D eigenvalue weighted by atomic mass is 9.79. The average Bonchev–Trinajstić information content (AvgIpc) is 3.14. The Kier molecular flexibility index (Phi) is 5.19. The summed E-state index contributed by atoms with van der Waals surface area (Å²) in [6.45, 7) is 4.61. The Morgan fingerprint density at radius 2 is 1.97 bits per heavy atom.